The van der Waals surface area contributed by atoms with E-state index in [2.05, 4.69) is 19.1 Å². The minimum absolute atomic E-state index is 0.0117. The summed E-state index contributed by atoms with van der Waals surface area (Å²) in [5.41, 5.74) is 4.89. The Morgan fingerprint density at radius 3 is 2.50 bits per heavy atom. The monoisotopic (exact) mass is 634 g/mol. The molecule has 6 rings (SSSR count). The van der Waals surface area contributed by atoms with Gasteiger partial charge in [-0.15, -0.1) is 0 Å². The quantitative estimate of drug-likeness (QED) is 0.277. The zero-order valence-electron chi connectivity index (χ0n) is 27.6. The van der Waals surface area contributed by atoms with E-state index in [-0.39, 0.29) is 52.5 Å². The van der Waals surface area contributed by atoms with E-state index in [0.29, 0.717) is 36.7 Å². The highest BCUT2D eigenvalue weighted by Crippen LogP contribution is 2.58. The number of carbonyl (C=O) groups excluding carboxylic acids is 3. The van der Waals surface area contributed by atoms with Gasteiger partial charge in [-0.3, -0.25) is 9.59 Å². The Labute approximate surface area is 272 Å². The second kappa shape index (κ2) is 14.6. The van der Waals surface area contributed by atoms with Crippen LogP contribution >= 0.6 is 0 Å². The first-order valence-corrected chi connectivity index (χ1v) is 17.2. The Morgan fingerprint density at radius 1 is 0.935 bits per heavy atom. The number of ketones is 1. The minimum Gasteiger partial charge on any atom is -0.508 e. The third-order valence-corrected chi connectivity index (χ3v) is 10.8. The predicted molar refractivity (Wildman–Crippen MR) is 174 cm³/mol. The van der Waals surface area contributed by atoms with Crippen LogP contribution in [0.15, 0.2) is 47.1 Å². The molecule has 8 nitrogen and oxygen atoms in total. The smallest absolute Gasteiger partial charge is 0.342 e. The van der Waals surface area contributed by atoms with E-state index in [1.165, 1.54) is 35.8 Å². The number of aryl methyl sites for hydroxylation is 1. The molecule has 1 saturated carbocycles. The van der Waals surface area contributed by atoms with Crippen LogP contribution in [0.3, 0.4) is 0 Å². The summed E-state index contributed by atoms with van der Waals surface area (Å²) in [6.07, 6.45) is 17.9. The van der Waals surface area contributed by atoms with Crippen molar-refractivity contribution in [1.82, 2.24) is 0 Å². The molecule has 0 unspecified atom stereocenters. The second-order valence-electron chi connectivity index (χ2n) is 14.1. The minimum atomic E-state index is -0.553. The number of cyclic esters (lactones) is 1. The maximum atomic E-state index is 12.4. The lowest BCUT2D eigenvalue weighted by molar-refractivity contribution is -0.150. The normalized spacial score (nSPS) is 31.5. The van der Waals surface area contributed by atoms with Crippen molar-refractivity contribution in [2.24, 2.45) is 17.3 Å². The third-order valence-electron chi connectivity index (χ3n) is 10.8. The van der Waals surface area contributed by atoms with E-state index in [9.17, 15) is 29.7 Å². The largest absolute Gasteiger partial charge is 0.508 e. The first-order chi connectivity index (χ1) is 22.0. The molecule has 0 radical (unpaired) electrons. The molecule has 1 aliphatic heterocycles. The number of rotatable bonds is 1. The molecule has 6 atom stereocenters. The molecule has 250 valence electrons. The second-order valence-corrected chi connectivity index (χ2v) is 14.1. The molecule has 1 fully saturated rings. The van der Waals surface area contributed by atoms with Gasteiger partial charge in [0.15, 0.2) is 5.78 Å². The maximum Gasteiger partial charge on any atom is 0.342 e. The van der Waals surface area contributed by atoms with Crippen molar-refractivity contribution >= 4 is 17.7 Å². The Morgan fingerprint density at radius 2 is 1.72 bits per heavy atom. The number of aromatic hydroxyl groups is 2. The zero-order chi connectivity index (χ0) is 33.0. The summed E-state index contributed by atoms with van der Waals surface area (Å²) in [6.45, 7) is 5.58. The highest BCUT2D eigenvalue weighted by molar-refractivity contribution is 5.94. The number of ether oxygens (including phenoxy) is 2. The van der Waals surface area contributed by atoms with Crippen molar-refractivity contribution in [2.75, 3.05) is 0 Å². The fourth-order valence-corrected chi connectivity index (χ4v) is 8.42. The number of fused-ring (bicyclic) bond motifs is 5. The van der Waals surface area contributed by atoms with Gasteiger partial charge in [0.2, 0.25) is 0 Å². The van der Waals surface area contributed by atoms with Gasteiger partial charge in [0, 0.05) is 24.8 Å². The number of allylic oxidation sites excluding steroid dienone is 5. The number of hydrogen-bond acceptors (Lipinski definition) is 8. The van der Waals surface area contributed by atoms with E-state index in [4.69, 9.17) is 9.47 Å². The van der Waals surface area contributed by atoms with Gasteiger partial charge in [-0.25, -0.2) is 4.79 Å². The van der Waals surface area contributed by atoms with Gasteiger partial charge in [-0.2, -0.15) is 0 Å². The Balaban J connectivity index is 0.000000181. The molecule has 3 N–H and O–H groups in total. The molecule has 8 heteroatoms. The van der Waals surface area contributed by atoms with Crippen molar-refractivity contribution < 1.29 is 39.2 Å². The van der Waals surface area contributed by atoms with Crippen molar-refractivity contribution in [3.63, 3.8) is 0 Å². The summed E-state index contributed by atoms with van der Waals surface area (Å²) < 4.78 is 11.0. The van der Waals surface area contributed by atoms with Crippen LogP contribution in [0, 0.1) is 17.3 Å². The summed E-state index contributed by atoms with van der Waals surface area (Å²) in [4.78, 5) is 35.5. The fraction of sp³-hybridized carbons (Fsp3) is 0.605. The molecule has 0 saturated heterocycles. The fourth-order valence-electron chi connectivity index (χ4n) is 8.42. The number of hydrogen-bond donors (Lipinski definition) is 3. The summed E-state index contributed by atoms with van der Waals surface area (Å²) in [7, 11) is 0. The van der Waals surface area contributed by atoms with Crippen LogP contribution in [-0.2, 0) is 25.5 Å². The van der Waals surface area contributed by atoms with Crippen molar-refractivity contribution in [1.29, 1.82) is 0 Å². The Hall–Kier alpha value is -3.39. The topological polar surface area (TPSA) is 130 Å². The molecular formula is C38H50O8. The third kappa shape index (κ3) is 7.59. The standard InChI is InChI=1S/C20H24O3.C18H26O5/c1-12(21)23-19-8-7-18-17-5-3-13-11-14(22)4-6-15(13)16(17)9-10-20(18,19)2;1-12-6-5-9-14(19)8-4-2-3-7-13-10-15(20)11-16(21)17(13)18(22)23-12/h9-11,17-19H,3-8H2,1-2H3;10-12,14,19-21H,2-9H2,1H3/t17-,18+,19+,20+;12-,14+/m10/s1. The summed E-state index contributed by atoms with van der Waals surface area (Å²) in [5, 5.41) is 29.6. The number of aliphatic hydroxyl groups is 1. The van der Waals surface area contributed by atoms with E-state index >= 15 is 0 Å². The van der Waals surface area contributed by atoms with Gasteiger partial charge in [0.05, 0.1) is 12.2 Å². The molecule has 1 heterocycles. The van der Waals surface area contributed by atoms with E-state index in [1.54, 1.807) is 0 Å². The lowest BCUT2D eigenvalue weighted by Gasteiger charge is -2.45. The average Bonchev–Trinajstić information content (AvgIpc) is 3.31. The van der Waals surface area contributed by atoms with Crippen LogP contribution in [0.2, 0.25) is 0 Å². The first-order valence-electron chi connectivity index (χ1n) is 17.2. The van der Waals surface area contributed by atoms with E-state index in [1.807, 2.05) is 13.0 Å². The van der Waals surface area contributed by atoms with Gasteiger partial charge < -0.3 is 24.8 Å². The van der Waals surface area contributed by atoms with Gasteiger partial charge in [-0.05, 0) is 124 Å². The van der Waals surface area contributed by atoms with Crippen LogP contribution in [-0.4, -0.2) is 51.4 Å². The molecule has 1 aromatic rings. The van der Waals surface area contributed by atoms with E-state index < -0.39 is 5.97 Å². The Bertz CT molecular complexity index is 1420. The van der Waals surface area contributed by atoms with E-state index in [0.717, 1.165) is 70.6 Å². The predicted octanol–water partition coefficient (Wildman–Crippen LogP) is 7.19. The van der Waals surface area contributed by atoms with Crippen LogP contribution in [0.4, 0.5) is 0 Å². The SMILES string of the molecule is CC(=O)O[C@H]1CC[C@H]2[C@@H]3CCC4=CC(=O)CCC4=C3C=C[C@]12C.C[C@H]1CCC[C@H](O)CCCCCc2cc(O)cc(O)c2C(=O)O1. The van der Waals surface area contributed by atoms with Gasteiger partial charge >= 0.3 is 11.9 Å². The van der Waals surface area contributed by atoms with Crippen molar-refractivity contribution in [3.8, 4) is 11.5 Å². The lowest BCUT2D eigenvalue weighted by Crippen LogP contribution is -2.40. The van der Waals surface area contributed by atoms with Gasteiger partial charge in [0.1, 0.15) is 23.2 Å². The molecule has 0 aromatic heterocycles. The number of carbonyl (C=O) groups is 3. The molecule has 1 aromatic carbocycles. The van der Waals surface area contributed by atoms with Gasteiger partial charge in [-0.1, -0.05) is 31.9 Å². The zero-order valence-corrected chi connectivity index (χ0v) is 27.6. The summed E-state index contributed by atoms with van der Waals surface area (Å²) in [5.74, 6) is 0.377. The van der Waals surface area contributed by atoms with Crippen LogP contribution in [0.25, 0.3) is 0 Å². The molecule has 46 heavy (non-hydrogen) atoms. The van der Waals surface area contributed by atoms with Crippen LogP contribution in [0.1, 0.15) is 120 Å². The number of benzene rings is 1. The van der Waals surface area contributed by atoms with Crippen molar-refractivity contribution in [2.45, 2.75) is 129 Å². The van der Waals surface area contributed by atoms with Crippen LogP contribution < -0.4 is 0 Å². The number of phenolic OH excluding ortho intramolecular Hbond substituents is 2. The molecule has 0 bridgehead atoms. The number of phenols is 2. The number of esters is 2. The van der Waals surface area contributed by atoms with Crippen LogP contribution in [0.5, 0.6) is 11.5 Å². The number of aliphatic hydroxyl groups excluding tert-OH is 1. The van der Waals surface area contributed by atoms with Crippen molar-refractivity contribution in [3.05, 3.63) is 58.2 Å². The first kappa shape index (κ1) is 34.0. The van der Waals surface area contributed by atoms with Gasteiger partial charge in [0.25, 0.3) is 0 Å². The molecular weight excluding hydrogens is 584 g/mol. The Kier molecular flexibility index (Phi) is 10.8. The summed E-state index contributed by atoms with van der Waals surface area (Å²) in [6, 6.07) is 2.69. The maximum absolute atomic E-state index is 12.4. The highest BCUT2D eigenvalue weighted by atomic mass is 16.5. The molecule has 0 amide bonds. The molecule has 0 spiro atoms. The average molecular weight is 635 g/mol. The molecule has 4 aliphatic carbocycles. The summed E-state index contributed by atoms with van der Waals surface area (Å²) >= 11 is 0. The lowest BCUT2D eigenvalue weighted by atomic mass is 9.60. The highest BCUT2D eigenvalue weighted by Gasteiger charge is 2.53. The molecule has 5 aliphatic rings.